The molecule has 0 saturated carbocycles. The van der Waals surface area contributed by atoms with Gasteiger partial charge in [0.05, 0.1) is 5.92 Å². The fraction of sp³-hybridized carbons (Fsp3) is 0.818. The van der Waals surface area contributed by atoms with E-state index in [0.717, 1.165) is 0 Å². The fourth-order valence-corrected chi connectivity index (χ4v) is 1.39. The van der Waals surface area contributed by atoms with E-state index in [-0.39, 0.29) is 17.9 Å². The molecule has 0 aliphatic carbocycles. The fourth-order valence-electron chi connectivity index (χ4n) is 1.39. The van der Waals surface area contributed by atoms with Crippen LogP contribution in [0, 0.1) is 11.8 Å². The summed E-state index contributed by atoms with van der Waals surface area (Å²) in [5.41, 5.74) is 0. The normalized spacial score (nSPS) is 14.7. The van der Waals surface area contributed by atoms with Gasteiger partial charge in [-0.15, -0.1) is 0 Å². The molecule has 0 aliphatic rings. The van der Waals surface area contributed by atoms with Crippen LogP contribution in [0.4, 0.5) is 0 Å². The Morgan fingerprint density at radius 2 is 1.80 bits per heavy atom. The van der Waals surface area contributed by atoms with Gasteiger partial charge in [-0.05, 0) is 26.7 Å². The number of carboxylic acid groups (broad SMARTS) is 1. The highest BCUT2D eigenvalue weighted by Crippen LogP contribution is 2.16. The van der Waals surface area contributed by atoms with Crippen LogP contribution in [0.15, 0.2) is 0 Å². The van der Waals surface area contributed by atoms with E-state index in [9.17, 15) is 9.59 Å². The van der Waals surface area contributed by atoms with Crippen molar-refractivity contribution in [2.75, 3.05) is 0 Å². The van der Waals surface area contributed by atoms with Crippen molar-refractivity contribution in [2.24, 2.45) is 11.8 Å². The van der Waals surface area contributed by atoms with E-state index < -0.39 is 11.9 Å². The molecule has 2 unspecified atom stereocenters. The molecule has 0 aromatic rings. The summed E-state index contributed by atoms with van der Waals surface area (Å²) in [5, 5.41) is 11.6. The first-order chi connectivity index (χ1) is 6.88. The molecule has 0 bridgehead atoms. The highest BCUT2D eigenvalue weighted by Gasteiger charge is 2.22. The monoisotopic (exact) mass is 215 g/mol. The smallest absolute Gasteiger partial charge is 0.306 e. The largest absolute Gasteiger partial charge is 0.481 e. The number of carboxylic acids is 1. The summed E-state index contributed by atoms with van der Waals surface area (Å²) in [6.07, 6.45) is 1.08. The van der Waals surface area contributed by atoms with Gasteiger partial charge in [0.2, 0.25) is 5.91 Å². The van der Waals surface area contributed by atoms with E-state index in [1.165, 1.54) is 0 Å². The Labute approximate surface area is 91.1 Å². The summed E-state index contributed by atoms with van der Waals surface area (Å²) in [6.45, 7) is 7.32. The number of hydrogen-bond donors (Lipinski definition) is 2. The maximum absolute atomic E-state index is 11.6. The summed E-state index contributed by atoms with van der Waals surface area (Å²) in [6, 6.07) is 0.103. The lowest BCUT2D eigenvalue weighted by atomic mass is 9.93. The Balaban J connectivity index is 4.24. The third kappa shape index (κ3) is 5.40. The van der Waals surface area contributed by atoms with Crippen LogP contribution in [0.3, 0.4) is 0 Å². The van der Waals surface area contributed by atoms with Crippen molar-refractivity contribution in [3.8, 4) is 0 Å². The molecule has 4 nitrogen and oxygen atoms in total. The second-order valence-electron chi connectivity index (χ2n) is 4.24. The molecule has 4 heteroatoms. The van der Waals surface area contributed by atoms with E-state index in [2.05, 4.69) is 5.32 Å². The third-order valence-corrected chi connectivity index (χ3v) is 2.35. The maximum atomic E-state index is 11.6. The summed E-state index contributed by atoms with van der Waals surface area (Å²) >= 11 is 0. The second-order valence-corrected chi connectivity index (χ2v) is 4.24. The van der Waals surface area contributed by atoms with Crippen molar-refractivity contribution in [1.29, 1.82) is 0 Å². The molecule has 0 aromatic heterocycles. The molecule has 0 fully saturated rings. The molecule has 2 N–H and O–H groups in total. The molecular formula is C11H21NO3. The molecule has 0 saturated heterocycles. The van der Waals surface area contributed by atoms with Gasteiger partial charge in [0.1, 0.15) is 0 Å². The van der Waals surface area contributed by atoms with E-state index in [1.54, 1.807) is 6.92 Å². The summed E-state index contributed by atoms with van der Waals surface area (Å²) in [7, 11) is 0. The quantitative estimate of drug-likeness (QED) is 0.708. The van der Waals surface area contributed by atoms with Crippen molar-refractivity contribution in [3.05, 3.63) is 0 Å². The first kappa shape index (κ1) is 13.9. The highest BCUT2D eigenvalue weighted by atomic mass is 16.4. The van der Waals surface area contributed by atoms with Crippen molar-refractivity contribution in [1.82, 2.24) is 5.32 Å². The Bertz CT molecular complexity index is 226. The average Bonchev–Trinajstić information content (AvgIpc) is 2.11. The van der Waals surface area contributed by atoms with Crippen LogP contribution in [0.5, 0.6) is 0 Å². The number of aliphatic carboxylic acids is 1. The lowest BCUT2D eigenvalue weighted by molar-refractivity contribution is -0.142. The van der Waals surface area contributed by atoms with Crippen molar-refractivity contribution < 1.29 is 14.7 Å². The zero-order valence-electron chi connectivity index (χ0n) is 9.91. The third-order valence-electron chi connectivity index (χ3n) is 2.35. The van der Waals surface area contributed by atoms with Gasteiger partial charge in [0.25, 0.3) is 0 Å². The van der Waals surface area contributed by atoms with E-state index in [0.29, 0.717) is 12.8 Å². The van der Waals surface area contributed by atoms with Crippen molar-refractivity contribution >= 4 is 11.9 Å². The number of carbonyl (C=O) groups is 2. The minimum Gasteiger partial charge on any atom is -0.481 e. The first-order valence-corrected chi connectivity index (χ1v) is 5.41. The molecule has 0 aliphatic heterocycles. The molecule has 0 rings (SSSR count). The van der Waals surface area contributed by atoms with Crippen molar-refractivity contribution in [3.63, 3.8) is 0 Å². The summed E-state index contributed by atoms with van der Waals surface area (Å²) in [5.74, 6) is -1.54. The van der Waals surface area contributed by atoms with Gasteiger partial charge in [-0.1, -0.05) is 13.8 Å². The van der Waals surface area contributed by atoms with E-state index in [1.807, 2.05) is 20.8 Å². The lowest BCUT2D eigenvalue weighted by Gasteiger charge is -2.18. The number of nitrogens with one attached hydrogen (secondary N) is 1. The lowest BCUT2D eigenvalue weighted by Crippen LogP contribution is -2.36. The zero-order valence-corrected chi connectivity index (χ0v) is 9.91. The number of amides is 1. The summed E-state index contributed by atoms with van der Waals surface area (Å²) in [4.78, 5) is 22.3. The van der Waals surface area contributed by atoms with Crippen LogP contribution in [0.25, 0.3) is 0 Å². The van der Waals surface area contributed by atoms with Gasteiger partial charge in [-0.25, -0.2) is 0 Å². The standard InChI is InChI=1S/C11H21NO3/c1-5-9(6-8(4)11(14)15)10(13)12-7(2)3/h7-9H,5-6H2,1-4H3,(H,12,13)(H,14,15). The van der Waals surface area contributed by atoms with E-state index in [4.69, 9.17) is 5.11 Å². The maximum Gasteiger partial charge on any atom is 0.306 e. The molecule has 1 amide bonds. The zero-order chi connectivity index (χ0) is 12.0. The molecule has 88 valence electrons. The van der Waals surface area contributed by atoms with Crippen LogP contribution < -0.4 is 5.32 Å². The van der Waals surface area contributed by atoms with Crippen LogP contribution in [0.2, 0.25) is 0 Å². The average molecular weight is 215 g/mol. The van der Waals surface area contributed by atoms with Gasteiger partial charge in [-0.2, -0.15) is 0 Å². The molecular weight excluding hydrogens is 194 g/mol. The van der Waals surface area contributed by atoms with Crippen LogP contribution in [-0.4, -0.2) is 23.0 Å². The first-order valence-electron chi connectivity index (χ1n) is 5.41. The Kier molecular flexibility index (Phi) is 5.97. The molecule has 15 heavy (non-hydrogen) atoms. The molecule has 0 radical (unpaired) electrons. The number of rotatable bonds is 6. The summed E-state index contributed by atoms with van der Waals surface area (Å²) < 4.78 is 0. The van der Waals surface area contributed by atoms with Gasteiger partial charge in [-0.3, -0.25) is 9.59 Å². The SMILES string of the molecule is CCC(CC(C)C(=O)O)C(=O)NC(C)C. The molecule has 0 heterocycles. The predicted octanol–water partition coefficient (Wildman–Crippen LogP) is 1.65. The van der Waals surface area contributed by atoms with Crippen LogP contribution >= 0.6 is 0 Å². The highest BCUT2D eigenvalue weighted by molar-refractivity contribution is 5.79. The minimum atomic E-state index is -0.842. The number of hydrogen-bond acceptors (Lipinski definition) is 2. The van der Waals surface area contributed by atoms with E-state index >= 15 is 0 Å². The van der Waals surface area contributed by atoms with Crippen LogP contribution in [0.1, 0.15) is 40.5 Å². The van der Waals surface area contributed by atoms with Gasteiger partial charge < -0.3 is 10.4 Å². The second kappa shape index (κ2) is 6.43. The van der Waals surface area contributed by atoms with Gasteiger partial charge in [0.15, 0.2) is 0 Å². The van der Waals surface area contributed by atoms with Crippen LogP contribution in [-0.2, 0) is 9.59 Å². The molecule has 2 atom stereocenters. The Hall–Kier alpha value is -1.06. The molecule has 0 aromatic carbocycles. The minimum absolute atomic E-state index is 0.0411. The van der Waals surface area contributed by atoms with Gasteiger partial charge in [0, 0.05) is 12.0 Å². The van der Waals surface area contributed by atoms with Crippen molar-refractivity contribution in [2.45, 2.75) is 46.6 Å². The van der Waals surface area contributed by atoms with Gasteiger partial charge >= 0.3 is 5.97 Å². The molecule has 0 spiro atoms. The predicted molar refractivity (Wildman–Crippen MR) is 58.5 cm³/mol. The Morgan fingerprint density at radius 3 is 2.13 bits per heavy atom. The Morgan fingerprint density at radius 1 is 1.27 bits per heavy atom. The number of carbonyl (C=O) groups excluding carboxylic acids is 1. The topological polar surface area (TPSA) is 66.4 Å².